The van der Waals surface area contributed by atoms with Crippen LogP contribution in [0.25, 0.3) is 11.3 Å². The van der Waals surface area contributed by atoms with Gasteiger partial charge in [-0.15, -0.1) is 0 Å². The summed E-state index contributed by atoms with van der Waals surface area (Å²) in [7, 11) is 0. The SMILES string of the molecule is O=c1ncc(OCC2COc3ccccc3O2)c2n1CCc1cc(OCC3CCCO3)ccc1-2. The van der Waals surface area contributed by atoms with Gasteiger partial charge in [0.2, 0.25) is 0 Å². The summed E-state index contributed by atoms with van der Waals surface area (Å²) < 4.78 is 31.3. The second-order valence-electron chi connectivity index (χ2n) is 8.73. The minimum Gasteiger partial charge on any atom is -0.491 e. The van der Waals surface area contributed by atoms with Crippen LogP contribution in [-0.2, 0) is 17.7 Å². The highest BCUT2D eigenvalue weighted by Gasteiger charge is 2.26. The average molecular weight is 463 g/mol. The molecule has 8 nitrogen and oxygen atoms in total. The molecule has 1 saturated heterocycles. The maximum absolute atomic E-state index is 12.5. The van der Waals surface area contributed by atoms with E-state index in [4.69, 9.17) is 23.7 Å². The summed E-state index contributed by atoms with van der Waals surface area (Å²) >= 11 is 0. The Kier molecular flexibility index (Phi) is 5.58. The highest BCUT2D eigenvalue weighted by Crippen LogP contribution is 2.37. The number of benzene rings is 2. The van der Waals surface area contributed by atoms with Gasteiger partial charge in [-0.3, -0.25) is 4.57 Å². The summed E-state index contributed by atoms with van der Waals surface area (Å²) in [6, 6.07) is 13.6. The lowest BCUT2D eigenvalue weighted by Crippen LogP contribution is -2.35. The van der Waals surface area contributed by atoms with Gasteiger partial charge in [0.1, 0.15) is 25.6 Å². The molecule has 2 aromatic carbocycles. The van der Waals surface area contributed by atoms with Gasteiger partial charge in [-0.25, -0.2) is 4.79 Å². The Morgan fingerprint density at radius 3 is 2.82 bits per heavy atom. The van der Waals surface area contributed by atoms with Crippen molar-refractivity contribution in [2.24, 2.45) is 0 Å². The summed E-state index contributed by atoms with van der Waals surface area (Å²) in [6.07, 6.45) is 4.25. The standard InChI is InChI=1S/C26H26N2O6/c29-26-27-13-24(33-16-20-15-32-22-5-1-2-6-23(22)34-20)25-21-8-7-18(12-17(21)9-10-28(25)26)31-14-19-4-3-11-30-19/h1-2,5-8,12-13,19-20H,3-4,9-11,14-16H2. The van der Waals surface area contributed by atoms with Crippen molar-refractivity contribution in [2.75, 3.05) is 26.4 Å². The minimum atomic E-state index is -0.280. The van der Waals surface area contributed by atoms with Crippen molar-refractivity contribution < 1.29 is 23.7 Å². The number of aryl methyl sites for hydroxylation is 1. The number of rotatable bonds is 6. The molecule has 3 aliphatic heterocycles. The Bertz CT molecular complexity index is 1250. The van der Waals surface area contributed by atoms with E-state index in [2.05, 4.69) is 11.1 Å². The quantitative estimate of drug-likeness (QED) is 0.556. The third kappa shape index (κ3) is 4.09. The third-order valence-corrected chi connectivity index (χ3v) is 6.42. The molecule has 0 N–H and O–H groups in total. The highest BCUT2D eigenvalue weighted by atomic mass is 16.6. The van der Waals surface area contributed by atoms with Crippen LogP contribution in [0.3, 0.4) is 0 Å². The van der Waals surface area contributed by atoms with Crippen LogP contribution >= 0.6 is 0 Å². The summed E-state index contributed by atoms with van der Waals surface area (Å²) in [4.78, 5) is 16.5. The minimum absolute atomic E-state index is 0.166. The predicted octanol–water partition coefficient (Wildman–Crippen LogP) is 3.24. The van der Waals surface area contributed by atoms with Gasteiger partial charge in [-0.1, -0.05) is 12.1 Å². The van der Waals surface area contributed by atoms with Crippen LogP contribution in [0.15, 0.2) is 53.5 Å². The maximum Gasteiger partial charge on any atom is 0.348 e. The number of hydrogen-bond acceptors (Lipinski definition) is 7. The zero-order valence-electron chi connectivity index (χ0n) is 18.8. The lowest BCUT2D eigenvalue weighted by atomic mass is 9.97. The summed E-state index contributed by atoms with van der Waals surface area (Å²) in [5.41, 5.74) is 2.53. The normalized spacial score (nSPS) is 20.4. The zero-order chi connectivity index (χ0) is 22.9. The number of fused-ring (bicyclic) bond motifs is 4. The van der Waals surface area contributed by atoms with Gasteiger partial charge in [0.25, 0.3) is 0 Å². The molecule has 0 amide bonds. The Hall–Kier alpha value is -3.52. The molecule has 4 heterocycles. The largest absolute Gasteiger partial charge is 0.491 e. The maximum atomic E-state index is 12.5. The number of aromatic nitrogens is 2. The van der Waals surface area contributed by atoms with E-state index in [-0.39, 0.29) is 24.5 Å². The van der Waals surface area contributed by atoms with E-state index >= 15 is 0 Å². The molecular formula is C26H26N2O6. The molecule has 176 valence electrons. The summed E-state index contributed by atoms with van der Waals surface area (Å²) in [5.74, 6) is 2.80. The van der Waals surface area contributed by atoms with E-state index < -0.39 is 0 Å². The van der Waals surface area contributed by atoms with Crippen molar-refractivity contribution in [1.29, 1.82) is 0 Å². The fourth-order valence-electron chi connectivity index (χ4n) is 4.69. The Morgan fingerprint density at radius 1 is 1.06 bits per heavy atom. The summed E-state index contributed by atoms with van der Waals surface area (Å²) in [6.45, 7) is 2.57. The Balaban J connectivity index is 1.21. The van der Waals surface area contributed by atoms with Crippen molar-refractivity contribution in [3.63, 3.8) is 0 Å². The van der Waals surface area contributed by atoms with E-state index in [9.17, 15) is 4.79 Å². The second kappa shape index (κ2) is 9.02. The van der Waals surface area contributed by atoms with Crippen molar-refractivity contribution in [3.8, 4) is 34.3 Å². The molecule has 0 bridgehead atoms. The highest BCUT2D eigenvalue weighted by molar-refractivity contribution is 5.72. The zero-order valence-corrected chi connectivity index (χ0v) is 18.8. The van der Waals surface area contributed by atoms with Gasteiger partial charge in [0, 0.05) is 18.7 Å². The molecule has 2 atom stereocenters. The lowest BCUT2D eigenvalue weighted by molar-refractivity contribution is 0.0534. The molecule has 0 aliphatic carbocycles. The van der Waals surface area contributed by atoms with Crippen LogP contribution in [0.5, 0.6) is 23.0 Å². The van der Waals surface area contributed by atoms with E-state index in [1.807, 2.05) is 36.4 Å². The van der Waals surface area contributed by atoms with Crippen LogP contribution in [0.4, 0.5) is 0 Å². The molecule has 2 unspecified atom stereocenters. The Morgan fingerprint density at radius 2 is 1.94 bits per heavy atom. The fourth-order valence-corrected chi connectivity index (χ4v) is 4.69. The van der Waals surface area contributed by atoms with E-state index in [1.54, 1.807) is 4.57 Å². The van der Waals surface area contributed by atoms with Crippen molar-refractivity contribution in [3.05, 3.63) is 64.7 Å². The number of ether oxygens (including phenoxy) is 5. The number of nitrogens with zero attached hydrogens (tertiary/aromatic N) is 2. The molecular weight excluding hydrogens is 436 g/mol. The van der Waals surface area contributed by atoms with Gasteiger partial charge in [-0.05, 0) is 55.2 Å². The van der Waals surface area contributed by atoms with Crippen molar-refractivity contribution >= 4 is 0 Å². The topological polar surface area (TPSA) is 81.0 Å². The molecule has 34 heavy (non-hydrogen) atoms. The van der Waals surface area contributed by atoms with Crippen molar-refractivity contribution in [2.45, 2.75) is 38.0 Å². The third-order valence-electron chi connectivity index (χ3n) is 6.42. The molecule has 6 rings (SSSR count). The molecule has 0 saturated carbocycles. The number of hydrogen-bond donors (Lipinski definition) is 0. The molecule has 8 heteroatoms. The molecule has 0 spiro atoms. The smallest absolute Gasteiger partial charge is 0.348 e. The van der Waals surface area contributed by atoms with Crippen LogP contribution in [0.1, 0.15) is 18.4 Å². The molecule has 0 radical (unpaired) electrons. The van der Waals surface area contributed by atoms with E-state index in [0.29, 0.717) is 31.3 Å². The van der Waals surface area contributed by atoms with Gasteiger partial charge >= 0.3 is 5.69 Å². The van der Waals surface area contributed by atoms with Gasteiger partial charge < -0.3 is 23.7 Å². The molecule has 3 aromatic rings. The monoisotopic (exact) mass is 462 g/mol. The van der Waals surface area contributed by atoms with Crippen LogP contribution in [-0.4, -0.2) is 48.2 Å². The number of para-hydroxylation sites is 2. The second-order valence-corrected chi connectivity index (χ2v) is 8.73. The van der Waals surface area contributed by atoms with E-state index in [0.717, 1.165) is 54.2 Å². The average Bonchev–Trinajstić information content (AvgIpc) is 3.40. The predicted molar refractivity (Wildman–Crippen MR) is 124 cm³/mol. The first kappa shape index (κ1) is 21.0. The van der Waals surface area contributed by atoms with Gasteiger partial charge in [0.05, 0.1) is 18.0 Å². The van der Waals surface area contributed by atoms with E-state index in [1.165, 1.54) is 6.20 Å². The first-order valence-corrected chi connectivity index (χ1v) is 11.7. The van der Waals surface area contributed by atoms with Gasteiger partial charge in [0.15, 0.2) is 23.4 Å². The van der Waals surface area contributed by atoms with Gasteiger partial charge in [-0.2, -0.15) is 4.98 Å². The molecule has 3 aliphatic rings. The van der Waals surface area contributed by atoms with Crippen LogP contribution in [0.2, 0.25) is 0 Å². The summed E-state index contributed by atoms with van der Waals surface area (Å²) in [5, 5.41) is 0. The lowest BCUT2D eigenvalue weighted by Gasteiger charge is -2.28. The molecule has 1 fully saturated rings. The first-order chi connectivity index (χ1) is 16.7. The molecule has 1 aromatic heterocycles. The van der Waals surface area contributed by atoms with Crippen molar-refractivity contribution in [1.82, 2.24) is 9.55 Å². The first-order valence-electron chi connectivity index (χ1n) is 11.7. The Labute approximate surface area is 197 Å². The fraction of sp³-hybridized carbons (Fsp3) is 0.385. The van der Waals surface area contributed by atoms with Crippen LogP contribution in [0, 0.1) is 0 Å². The van der Waals surface area contributed by atoms with Crippen LogP contribution < -0.4 is 24.6 Å².